The van der Waals surface area contributed by atoms with E-state index in [1.807, 2.05) is 29.2 Å². The Morgan fingerprint density at radius 1 is 1.08 bits per heavy atom. The van der Waals surface area contributed by atoms with Crippen molar-refractivity contribution < 1.29 is 4.79 Å². The molecule has 0 saturated carbocycles. The lowest BCUT2D eigenvalue weighted by Crippen LogP contribution is -2.35. The second-order valence-electron chi connectivity index (χ2n) is 6.02. The molecule has 0 atom stereocenters. The zero-order valence-electron chi connectivity index (χ0n) is 13.3. The third-order valence-electron chi connectivity index (χ3n) is 4.41. The molecule has 2 heterocycles. The van der Waals surface area contributed by atoms with Crippen molar-refractivity contribution >= 4 is 29.1 Å². The summed E-state index contributed by atoms with van der Waals surface area (Å²) in [6.07, 6.45) is 0.752. The van der Waals surface area contributed by atoms with E-state index in [4.69, 9.17) is 23.2 Å². The first-order chi connectivity index (χ1) is 12.1. The smallest absolute Gasteiger partial charge is 0.254 e. The molecule has 1 amide bonds. The summed E-state index contributed by atoms with van der Waals surface area (Å²) >= 11 is 12.0. The molecule has 1 aromatic heterocycles. The fraction of sp³-hybridized carbons (Fsp3) is 0.158. The van der Waals surface area contributed by atoms with E-state index >= 15 is 0 Å². The van der Waals surface area contributed by atoms with Crippen LogP contribution in [0.5, 0.6) is 0 Å². The number of nitrogens with one attached hydrogen (secondary N) is 1. The van der Waals surface area contributed by atoms with Crippen LogP contribution in [0.1, 0.15) is 21.6 Å². The van der Waals surface area contributed by atoms with Crippen molar-refractivity contribution in [1.82, 2.24) is 15.1 Å². The van der Waals surface area contributed by atoms with E-state index < -0.39 is 0 Å². The predicted molar refractivity (Wildman–Crippen MR) is 98.9 cm³/mol. The molecule has 2 aromatic carbocycles. The molecular weight excluding hydrogens is 357 g/mol. The number of H-pyrrole nitrogens is 1. The molecule has 0 bridgehead atoms. The standard InChI is InChI=1S/C19H15Cl2N3O/c20-14-6-4-12(5-7-14)18-16-11-24(9-8-17(16)22-23-18)19(25)13-2-1-3-15(21)10-13/h1-7,10H,8-9,11H2,(H,22,23). The Bertz CT molecular complexity index is 934. The molecular formula is C19H15Cl2N3O. The van der Waals surface area contributed by atoms with Gasteiger partial charge in [0.2, 0.25) is 0 Å². The average Bonchev–Trinajstić information content (AvgIpc) is 3.05. The highest BCUT2D eigenvalue weighted by molar-refractivity contribution is 6.31. The van der Waals surface area contributed by atoms with Crippen LogP contribution >= 0.6 is 23.2 Å². The number of fused-ring (bicyclic) bond motifs is 1. The number of rotatable bonds is 2. The van der Waals surface area contributed by atoms with Crippen molar-refractivity contribution in [2.45, 2.75) is 13.0 Å². The molecule has 25 heavy (non-hydrogen) atoms. The number of aromatic nitrogens is 2. The molecule has 0 fully saturated rings. The first-order valence-corrected chi connectivity index (χ1v) is 8.74. The van der Waals surface area contributed by atoms with Crippen LogP contribution in [-0.4, -0.2) is 27.5 Å². The molecule has 4 rings (SSSR count). The van der Waals surface area contributed by atoms with Crippen molar-refractivity contribution in [3.05, 3.63) is 75.4 Å². The fourth-order valence-corrected chi connectivity index (χ4v) is 3.44. The molecule has 126 valence electrons. The van der Waals surface area contributed by atoms with Gasteiger partial charge in [-0.05, 0) is 30.3 Å². The van der Waals surface area contributed by atoms with Gasteiger partial charge in [-0.3, -0.25) is 9.89 Å². The Labute approximate surface area is 155 Å². The van der Waals surface area contributed by atoms with Crippen LogP contribution in [0.25, 0.3) is 11.3 Å². The summed E-state index contributed by atoms with van der Waals surface area (Å²) in [5.41, 5.74) is 4.60. The van der Waals surface area contributed by atoms with E-state index in [2.05, 4.69) is 10.2 Å². The van der Waals surface area contributed by atoms with Gasteiger partial charge in [0.15, 0.2) is 0 Å². The van der Waals surface area contributed by atoms with Gasteiger partial charge in [-0.25, -0.2) is 0 Å². The van der Waals surface area contributed by atoms with Gasteiger partial charge >= 0.3 is 0 Å². The number of amides is 1. The molecule has 0 spiro atoms. The van der Waals surface area contributed by atoms with Crippen molar-refractivity contribution in [2.75, 3.05) is 6.54 Å². The van der Waals surface area contributed by atoms with Gasteiger partial charge in [0.1, 0.15) is 0 Å². The molecule has 0 aliphatic carbocycles. The SMILES string of the molecule is O=C(c1cccc(Cl)c1)N1CCc2[nH]nc(-c3ccc(Cl)cc3)c2C1. The van der Waals surface area contributed by atoms with Crippen LogP contribution in [0.15, 0.2) is 48.5 Å². The molecule has 0 radical (unpaired) electrons. The zero-order chi connectivity index (χ0) is 17.4. The maximum absolute atomic E-state index is 12.8. The molecule has 0 unspecified atom stereocenters. The summed E-state index contributed by atoms with van der Waals surface area (Å²) in [7, 11) is 0. The highest BCUT2D eigenvalue weighted by Gasteiger charge is 2.26. The first-order valence-electron chi connectivity index (χ1n) is 7.99. The summed E-state index contributed by atoms with van der Waals surface area (Å²) in [5.74, 6) is -0.0172. The normalized spacial score (nSPS) is 13.6. The fourth-order valence-electron chi connectivity index (χ4n) is 3.12. The third-order valence-corrected chi connectivity index (χ3v) is 4.90. The minimum atomic E-state index is -0.0172. The van der Waals surface area contributed by atoms with E-state index in [9.17, 15) is 4.79 Å². The average molecular weight is 372 g/mol. The molecule has 1 aliphatic heterocycles. The summed E-state index contributed by atoms with van der Waals surface area (Å²) in [4.78, 5) is 14.6. The Morgan fingerprint density at radius 3 is 2.64 bits per heavy atom. The third kappa shape index (κ3) is 3.15. The van der Waals surface area contributed by atoms with Gasteiger partial charge in [0, 0.05) is 51.9 Å². The van der Waals surface area contributed by atoms with Gasteiger partial charge in [-0.2, -0.15) is 5.10 Å². The number of nitrogens with zero attached hydrogens (tertiary/aromatic N) is 2. The predicted octanol–water partition coefficient (Wildman–Crippen LogP) is 4.58. The van der Waals surface area contributed by atoms with Crippen LogP contribution in [0.2, 0.25) is 10.0 Å². The molecule has 1 aliphatic rings. The highest BCUT2D eigenvalue weighted by Crippen LogP contribution is 2.29. The lowest BCUT2D eigenvalue weighted by atomic mass is 10.0. The summed E-state index contributed by atoms with van der Waals surface area (Å²) < 4.78 is 0. The Balaban J connectivity index is 1.63. The van der Waals surface area contributed by atoms with E-state index in [-0.39, 0.29) is 5.91 Å². The van der Waals surface area contributed by atoms with E-state index in [1.54, 1.807) is 24.3 Å². The number of hydrogen-bond acceptors (Lipinski definition) is 2. The van der Waals surface area contributed by atoms with Crippen LogP contribution in [-0.2, 0) is 13.0 Å². The summed E-state index contributed by atoms with van der Waals surface area (Å²) in [6, 6.07) is 14.6. The van der Waals surface area contributed by atoms with Crippen molar-refractivity contribution in [2.24, 2.45) is 0 Å². The number of carbonyl (C=O) groups is 1. The van der Waals surface area contributed by atoms with Gasteiger partial charge in [-0.1, -0.05) is 41.4 Å². The Hall–Kier alpha value is -2.30. The largest absolute Gasteiger partial charge is 0.334 e. The molecule has 3 aromatic rings. The number of hydrogen-bond donors (Lipinski definition) is 1. The van der Waals surface area contributed by atoms with Crippen LogP contribution in [0, 0.1) is 0 Å². The van der Waals surface area contributed by atoms with Gasteiger partial charge in [0.05, 0.1) is 5.69 Å². The minimum Gasteiger partial charge on any atom is -0.334 e. The van der Waals surface area contributed by atoms with E-state index in [0.29, 0.717) is 28.7 Å². The van der Waals surface area contributed by atoms with E-state index in [0.717, 1.165) is 28.9 Å². The molecule has 4 nitrogen and oxygen atoms in total. The topological polar surface area (TPSA) is 49.0 Å². The lowest BCUT2D eigenvalue weighted by molar-refractivity contribution is 0.0734. The lowest BCUT2D eigenvalue weighted by Gasteiger charge is -2.27. The summed E-state index contributed by atoms with van der Waals surface area (Å²) in [6.45, 7) is 1.18. The Morgan fingerprint density at radius 2 is 1.88 bits per heavy atom. The van der Waals surface area contributed by atoms with Crippen LogP contribution < -0.4 is 0 Å². The van der Waals surface area contributed by atoms with Crippen LogP contribution in [0.4, 0.5) is 0 Å². The second kappa shape index (κ2) is 6.54. The maximum atomic E-state index is 12.8. The molecule has 0 saturated heterocycles. The maximum Gasteiger partial charge on any atom is 0.254 e. The number of halogens is 2. The quantitative estimate of drug-likeness (QED) is 0.716. The second-order valence-corrected chi connectivity index (χ2v) is 6.90. The van der Waals surface area contributed by atoms with Crippen LogP contribution in [0.3, 0.4) is 0 Å². The number of aromatic amines is 1. The molecule has 6 heteroatoms. The monoisotopic (exact) mass is 371 g/mol. The van der Waals surface area contributed by atoms with Crippen molar-refractivity contribution in [1.29, 1.82) is 0 Å². The number of benzene rings is 2. The van der Waals surface area contributed by atoms with Crippen molar-refractivity contribution in [3.63, 3.8) is 0 Å². The Kier molecular flexibility index (Phi) is 4.24. The minimum absolute atomic E-state index is 0.0172. The van der Waals surface area contributed by atoms with E-state index in [1.165, 1.54) is 0 Å². The van der Waals surface area contributed by atoms with Crippen molar-refractivity contribution in [3.8, 4) is 11.3 Å². The van der Waals surface area contributed by atoms with Gasteiger partial charge < -0.3 is 4.90 Å². The molecule has 1 N–H and O–H groups in total. The zero-order valence-corrected chi connectivity index (χ0v) is 14.8. The highest BCUT2D eigenvalue weighted by atomic mass is 35.5. The number of carbonyl (C=O) groups excluding carboxylic acids is 1. The van der Waals surface area contributed by atoms with Gasteiger partial charge in [0.25, 0.3) is 5.91 Å². The van der Waals surface area contributed by atoms with Gasteiger partial charge in [-0.15, -0.1) is 0 Å². The first kappa shape index (κ1) is 16.2. The summed E-state index contributed by atoms with van der Waals surface area (Å²) in [5, 5.41) is 8.81.